The third-order valence-corrected chi connectivity index (χ3v) is 9.21. The highest BCUT2D eigenvalue weighted by molar-refractivity contribution is 7.86. The monoisotopic (exact) mass is 379 g/mol. The molecule has 5 aromatic rings. The molecule has 0 fully saturated rings. The third-order valence-electron chi connectivity index (χ3n) is 6.02. The van der Waals surface area contributed by atoms with Crippen LogP contribution in [0.1, 0.15) is 0 Å². The molecule has 4 aromatic carbocycles. The summed E-state index contributed by atoms with van der Waals surface area (Å²) >= 11 is 0. The quantitative estimate of drug-likeness (QED) is 0.371. The lowest BCUT2D eigenvalue weighted by Crippen LogP contribution is -2.21. The predicted octanol–water partition coefficient (Wildman–Crippen LogP) is 4.95. The van der Waals surface area contributed by atoms with E-state index in [-0.39, 0.29) is 0 Å². The lowest BCUT2D eigenvalue weighted by molar-refractivity contribution is 0.593. The zero-order valence-electron chi connectivity index (χ0n) is 15.5. The smallest absolute Gasteiger partial charge is 0.172 e. The molecule has 0 spiro atoms. The van der Waals surface area contributed by atoms with E-state index in [1.165, 1.54) is 10.9 Å². The maximum atomic E-state index is 14.9. The number of nitrogens with zero attached hydrogens (tertiary/aromatic N) is 1. The molecular formula is C25H18NOP. The van der Waals surface area contributed by atoms with Gasteiger partial charge in [0.15, 0.2) is 7.14 Å². The molecule has 0 saturated heterocycles. The number of fused-ring (bicyclic) bond motifs is 7. The van der Waals surface area contributed by atoms with Gasteiger partial charge >= 0.3 is 0 Å². The second-order valence-electron chi connectivity index (χ2n) is 7.39. The summed E-state index contributed by atoms with van der Waals surface area (Å²) in [5, 5.41) is 5.15. The number of hydrogen-bond donors (Lipinski definition) is 0. The summed E-state index contributed by atoms with van der Waals surface area (Å²) in [7, 11) is -0.862. The van der Waals surface area contributed by atoms with Gasteiger partial charge < -0.3 is 9.13 Å². The number of aryl methyl sites for hydroxylation is 1. The van der Waals surface area contributed by atoms with E-state index in [2.05, 4.69) is 54.1 Å². The van der Waals surface area contributed by atoms with Crippen LogP contribution in [-0.2, 0) is 11.6 Å². The normalized spacial score (nSPS) is 17.8. The lowest BCUT2D eigenvalue weighted by Gasteiger charge is -2.17. The van der Waals surface area contributed by atoms with Crippen LogP contribution in [0.2, 0.25) is 0 Å². The Morgan fingerprint density at radius 1 is 0.679 bits per heavy atom. The number of para-hydroxylation sites is 1. The van der Waals surface area contributed by atoms with E-state index < -0.39 is 7.14 Å². The summed E-state index contributed by atoms with van der Waals surface area (Å²) in [4.78, 5) is 0. The average molecular weight is 379 g/mol. The first-order chi connectivity index (χ1) is 13.7. The molecule has 2 nitrogen and oxygen atoms in total. The van der Waals surface area contributed by atoms with E-state index in [0.29, 0.717) is 0 Å². The van der Waals surface area contributed by atoms with Crippen LogP contribution in [0.5, 0.6) is 0 Å². The first-order valence-corrected chi connectivity index (χ1v) is 11.2. The summed E-state index contributed by atoms with van der Waals surface area (Å²) in [6.45, 7) is 0. The zero-order valence-corrected chi connectivity index (χ0v) is 16.4. The molecule has 0 aliphatic carbocycles. The number of aromatic nitrogens is 1. The van der Waals surface area contributed by atoms with Gasteiger partial charge in [-0.15, -0.1) is 0 Å². The van der Waals surface area contributed by atoms with Gasteiger partial charge in [-0.25, -0.2) is 0 Å². The Kier molecular flexibility index (Phi) is 3.11. The summed E-state index contributed by atoms with van der Waals surface area (Å²) < 4.78 is 17.1. The molecule has 6 rings (SSSR count). The minimum atomic E-state index is -2.95. The molecule has 3 heteroatoms. The van der Waals surface area contributed by atoms with E-state index in [4.69, 9.17) is 0 Å². The topological polar surface area (TPSA) is 22.0 Å². The molecule has 1 aromatic heterocycles. The van der Waals surface area contributed by atoms with Crippen molar-refractivity contribution >= 4 is 44.9 Å². The van der Waals surface area contributed by atoms with Crippen molar-refractivity contribution in [3.63, 3.8) is 0 Å². The van der Waals surface area contributed by atoms with Crippen molar-refractivity contribution in [3.05, 3.63) is 91.0 Å². The number of benzene rings is 4. The number of rotatable bonds is 1. The first kappa shape index (κ1) is 15.9. The summed E-state index contributed by atoms with van der Waals surface area (Å²) in [5.74, 6) is 0. The Balaban J connectivity index is 1.88. The van der Waals surface area contributed by atoms with Gasteiger partial charge in [0.25, 0.3) is 0 Å². The minimum absolute atomic E-state index is 0.904. The maximum Gasteiger partial charge on any atom is 0.172 e. The molecule has 2 heterocycles. The van der Waals surface area contributed by atoms with E-state index in [9.17, 15) is 4.57 Å². The Bertz CT molecular complexity index is 1450. The van der Waals surface area contributed by atoms with Crippen LogP contribution in [0.3, 0.4) is 0 Å². The fourth-order valence-corrected chi connectivity index (χ4v) is 8.06. The van der Waals surface area contributed by atoms with Crippen molar-refractivity contribution in [1.29, 1.82) is 0 Å². The van der Waals surface area contributed by atoms with Crippen LogP contribution in [0, 0.1) is 0 Å². The second kappa shape index (κ2) is 5.47. The third kappa shape index (κ3) is 1.81. The zero-order chi connectivity index (χ0) is 18.9. The lowest BCUT2D eigenvalue weighted by atomic mass is 10.0. The molecule has 1 atom stereocenters. The molecule has 0 radical (unpaired) electrons. The van der Waals surface area contributed by atoms with E-state index in [1.54, 1.807) is 0 Å². The summed E-state index contributed by atoms with van der Waals surface area (Å²) in [6, 6.07) is 30.9. The highest BCUT2D eigenvalue weighted by Gasteiger charge is 2.42. The predicted molar refractivity (Wildman–Crippen MR) is 119 cm³/mol. The van der Waals surface area contributed by atoms with Crippen molar-refractivity contribution in [1.82, 2.24) is 4.57 Å². The van der Waals surface area contributed by atoms with Gasteiger partial charge in [-0.2, -0.15) is 0 Å². The standard InChI is InChI=1S/C25H18NOP/c1-26-21-13-7-5-12-20(21)24-22(26)16-15-19-18-11-6-8-14-23(18)28(27,25(19)24)17-9-3-2-4-10-17/h2-16H,1H3. The van der Waals surface area contributed by atoms with Crippen molar-refractivity contribution in [3.8, 4) is 11.1 Å². The Morgan fingerprint density at radius 2 is 1.39 bits per heavy atom. The molecule has 0 amide bonds. The highest BCUT2D eigenvalue weighted by atomic mass is 31.2. The van der Waals surface area contributed by atoms with Gasteiger partial charge in [0.05, 0.1) is 0 Å². The fourth-order valence-electron chi connectivity index (χ4n) is 4.78. The SMILES string of the molecule is Cn1c2ccccc2c2c3c(ccc21)-c1ccccc1P3(=O)c1ccccc1. The van der Waals surface area contributed by atoms with E-state index >= 15 is 0 Å². The average Bonchev–Trinajstić information content (AvgIpc) is 3.20. The van der Waals surface area contributed by atoms with Gasteiger partial charge in [0, 0.05) is 44.8 Å². The first-order valence-electron chi connectivity index (χ1n) is 9.47. The Hall–Kier alpha value is -3.09. The van der Waals surface area contributed by atoms with Crippen LogP contribution in [-0.4, -0.2) is 4.57 Å². The summed E-state index contributed by atoms with van der Waals surface area (Å²) in [6.07, 6.45) is 0. The van der Waals surface area contributed by atoms with Crippen molar-refractivity contribution in [2.45, 2.75) is 0 Å². The molecular weight excluding hydrogens is 361 g/mol. The molecule has 134 valence electrons. The van der Waals surface area contributed by atoms with Gasteiger partial charge in [0.1, 0.15) is 0 Å². The van der Waals surface area contributed by atoms with Gasteiger partial charge in [-0.1, -0.05) is 78.9 Å². The van der Waals surface area contributed by atoms with E-state index in [1.807, 2.05) is 48.5 Å². The van der Waals surface area contributed by atoms with E-state index in [0.717, 1.165) is 37.9 Å². The van der Waals surface area contributed by atoms with Crippen LogP contribution in [0.4, 0.5) is 0 Å². The van der Waals surface area contributed by atoms with Gasteiger partial charge in [-0.05, 0) is 23.3 Å². The molecule has 0 N–H and O–H groups in total. The van der Waals surface area contributed by atoms with Gasteiger partial charge in [-0.3, -0.25) is 0 Å². The molecule has 1 aliphatic rings. The van der Waals surface area contributed by atoms with Gasteiger partial charge in [0.2, 0.25) is 0 Å². The van der Waals surface area contributed by atoms with Crippen LogP contribution in [0.15, 0.2) is 91.0 Å². The largest absolute Gasteiger partial charge is 0.344 e. The van der Waals surface area contributed by atoms with Crippen LogP contribution in [0.25, 0.3) is 32.9 Å². The second-order valence-corrected chi connectivity index (χ2v) is 10.1. The molecule has 0 saturated carbocycles. The highest BCUT2D eigenvalue weighted by Crippen LogP contribution is 2.54. The van der Waals surface area contributed by atoms with Crippen molar-refractivity contribution < 1.29 is 4.57 Å². The molecule has 0 bridgehead atoms. The summed E-state index contributed by atoms with van der Waals surface area (Å²) in [5.41, 5.74) is 4.50. The van der Waals surface area contributed by atoms with Crippen LogP contribution < -0.4 is 15.9 Å². The number of hydrogen-bond acceptors (Lipinski definition) is 1. The van der Waals surface area contributed by atoms with Crippen molar-refractivity contribution in [2.24, 2.45) is 7.05 Å². The fraction of sp³-hybridized carbons (Fsp3) is 0.0400. The Morgan fingerprint density at radius 3 is 2.25 bits per heavy atom. The minimum Gasteiger partial charge on any atom is -0.344 e. The molecule has 1 unspecified atom stereocenters. The van der Waals surface area contributed by atoms with Crippen molar-refractivity contribution in [2.75, 3.05) is 0 Å². The molecule has 1 aliphatic heterocycles. The Labute approximate surface area is 163 Å². The maximum absolute atomic E-state index is 14.9. The molecule has 28 heavy (non-hydrogen) atoms. The van der Waals surface area contributed by atoms with Crippen LogP contribution >= 0.6 is 7.14 Å².